The van der Waals surface area contributed by atoms with E-state index in [4.69, 9.17) is 4.74 Å². The molecular weight excluding hydrogens is 651 g/mol. The second-order valence-corrected chi connectivity index (χ2v) is 12.8. The van der Waals surface area contributed by atoms with Crippen LogP contribution in [0, 0.1) is 20.2 Å². The highest BCUT2D eigenvalue weighted by atomic mass is 32.2. The molecule has 0 bridgehead atoms. The van der Waals surface area contributed by atoms with Crippen molar-refractivity contribution in [3.8, 4) is 5.69 Å². The molecule has 1 atom stereocenters. The van der Waals surface area contributed by atoms with Gasteiger partial charge < -0.3 is 15.4 Å². The van der Waals surface area contributed by atoms with Crippen LogP contribution in [0.4, 0.5) is 16.4 Å². The minimum atomic E-state index is -0.729. The van der Waals surface area contributed by atoms with Crippen molar-refractivity contribution < 1.29 is 29.0 Å². The Morgan fingerprint density at radius 3 is 2.28 bits per heavy atom. The minimum Gasteiger partial charge on any atom is -0.462 e. The number of esters is 1. The maximum absolute atomic E-state index is 13.5. The van der Waals surface area contributed by atoms with Crippen LogP contribution >= 0.6 is 23.1 Å². The molecule has 2 amide bonds. The van der Waals surface area contributed by atoms with Gasteiger partial charge in [0.1, 0.15) is 5.00 Å². The van der Waals surface area contributed by atoms with E-state index >= 15 is 0 Å². The molecular formula is C30H29N7O8S2. The zero-order chi connectivity index (χ0) is 33.7. The molecule has 0 aliphatic heterocycles. The zero-order valence-corrected chi connectivity index (χ0v) is 26.9. The third-order valence-corrected chi connectivity index (χ3v) is 9.56. The van der Waals surface area contributed by atoms with Crippen molar-refractivity contribution in [3.05, 3.63) is 96.2 Å². The Balaban J connectivity index is 1.38. The molecule has 0 fully saturated rings. The topological polar surface area (TPSA) is 201 Å². The summed E-state index contributed by atoms with van der Waals surface area (Å²) in [5.74, 6) is -1.11. The van der Waals surface area contributed by atoms with Gasteiger partial charge in [0.2, 0.25) is 5.91 Å². The number of nitrogens with zero attached hydrogens (tertiary/aromatic N) is 5. The van der Waals surface area contributed by atoms with E-state index in [1.165, 1.54) is 59.9 Å². The zero-order valence-electron chi connectivity index (χ0n) is 25.3. The van der Waals surface area contributed by atoms with Gasteiger partial charge in [0.25, 0.3) is 17.3 Å². The number of benzene rings is 2. The largest absolute Gasteiger partial charge is 0.462 e. The SMILES string of the molecule is CCOC(=O)c1c(NC(=O)C(C)Sc2nnc(CNC(=O)c3ccc([N+](=O)[O-])cc3)n2-c2ccc([N+](=O)[O-])cc2)sc2c1CCCC2. The number of amides is 2. The van der Waals surface area contributed by atoms with Crippen LogP contribution < -0.4 is 10.6 Å². The first-order chi connectivity index (χ1) is 22.6. The number of hydrogen-bond acceptors (Lipinski definition) is 12. The van der Waals surface area contributed by atoms with E-state index in [1.807, 2.05) is 0 Å². The summed E-state index contributed by atoms with van der Waals surface area (Å²) in [7, 11) is 0. The molecule has 0 saturated carbocycles. The predicted octanol–water partition coefficient (Wildman–Crippen LogP) is 5.25. The van der Waals surface area contributed by atoms with Crippen molar-refractivity contribution in [2.45, 2.75) is 56.5 Å². The Hall–Kier alpha value is -5.16. The molecule has 17 heteroatoms. The Bertz CT molecular complexity index is 1840. The predicted molar refractivity (Wildman–Crippen MR) is 173 cm³/mol. The van der Waals surface area contributed by atoms with Gasteiger partial charge in [0.05, 0.1) is 33.8 Å². The van der Waals surface area contributed by atoms with Gasteiger partial charge in [-0.25, -0.2) is 4.79 Å². The molecule has 2 aromatic carbocycles. The van der Waals surface area contributed by atoms with Crippen molar-refractivity contribution in [1.82, 2.24) is 20.1 Å². The first-order valence-electron chi connectivity index (χ1n) is 14.6. The van der Waals surface area contributed by atoms with E-state index in [9.17, 15) is 34.6 Å². The van der Waals surface area contributed by atoms with Crippen molar-refractivity contribution in [3.63, 3.8) is 0 Å². The Kier molecular flexibility index (Phi) is 10.3. The van der Waals surface area contributed by atoms with E-state index in [1.54, 1.807) is 18.4 Å². The molecule has 2 N–H and O–H groups in total. The fourth-order valence-corrected chi connectivity index (χ4v) is 7.13. The number of thiophene rings is 1. The van der Waals surface area contributed by atoms with Gasteiger partial charge in [0, 0.05) is 40.4 Å². The molecule has 15 nitrogen and oxygen atoms in total. The number of nitrogens with one attached hydrogen (secondary N) is 2. The first kappa shape index (κ1) is 33.2. The smallest absolute Gasteiger partial charge is 0.341 e. The van der Waals surface area contributed by atoms with Gasteiger partial charge >= 0.3 is 5.97 Å². The number of carbonyl (C=O) groups is 3. The lowest BCUT2D eigenvalue weighted by Crippen LogP contribution is -2.25. The summed E-state index contributed by atoms with van der Waals surface area (Å²) in [6.07, 6.45) is 3.52. The number of thioether (sulfide) groups is 1. The highest BCUT2D eigenvalue weighted by Gasteiger charge is 2.29. The normalized spacial score (nSPS) is 12.9. The number of nitro benzene ring substituents is 2. The Morgan fingerprint density at radius 1 is 1.00 bits per heavy atom. The van der Waals surface area contributed by atoms with Crippen LogP contribution in [0.5, 0.6) is 0 Å². The number of aromatic nitrogens is 3. The van der Waals surface area contributed by atoms with Crippen molar-refractivity contribution in [1.29, 1.82) is 0 Å². The van der Waals surface area contributed by atoms with E-state index < -0.39 is 27.0 Å². The number of hydrogen-bond donors (Lipinski definition) is 2. The molecule has 4 aromatic rings. The van der Waals surface area contributed by atoms with Gasteiger partial charge in [0.15, 0.2) is 11.0 Å². The minimum absolute atomic E-state index is 0.120. The lowest BCUT2D eigenvalue weighted by Gasteiger charge is -2.15. The van der Waals surface area contributed by atoms with Crippen LogP contribution in [-0.4, -0.2) is 54.3 Å². The fraction of sp³-hybridized carbons (Fsp3) is 0.300. The number of fused-ring (bicyclic) bond motifs is 1. The van der Waals surface area contributed by atoms with Gasteiger partial charge in [-0.05, 0) is 69.4 Å². The molecule has 47 heavy (non-hydrogen) atoms. The quantitative estimate of drug-likeness (QED) is 0.0857. The summed E-state index contributed by atoms with van der Waals surface area (Å²) in [5.41, 5.74) is 1.67. The number of nitro groups is 2. The number of aryl methyl sites for hydroxylation is 1. The molecule has 1 unspecified atom stereocenters. The summed E-state index contributed by atoms with van der Waals surface area (Å²) < 4.78 is 6.87. The Morgan fingerprint density at radius 2 is 1.64 bits per heavy atom. The van der Waals surface area contributed by atoms with Crippen LogP contribution in [-0.2, 0) is 28.9 Å². The number of rotatable bonds is 12. The van der Waals surface area contributed by atoms with Gasteiger partial charge in [-0.15, -0.1) is 21.5 Å². The molecule has 244 valence electrons. The molecule has 1 aliphatic rings. The molecule has 2 heterocycles. The van der Waals surface area contributed by atoms with Crippen LogP contribution in [0.1, 0.15) is 63.7 Å². The standard InChI is InChI=1S/C30H29N7O8S2/c1-3-45-29(40)25-22-6-4-5-7-23(22)47-28(25)32-26(38)17(2)46-30-34-33-24(35(30)19-12-14-21(15-13-19)37(43)44)16-31-27(39)18-8-10-20(11-9-18)36(41)42/h8-15,17H,3-7,16H2,1-2H3,(H,31,39)(H,32,38). The van der Waals surface area contributed by atoms with Crippen LogP contribution in [0.3, 0.4) is 0 Å². The first-order valence-corrected chi connectivity index (χ1v) is 16.3. The van der Waals surface area contributed by atoms with E-state index in [0.29, 0.717) is 16.3 Å². The average molecular weight is 680 g/mol. The molecule has 2 aromatic heterocycles. The maximum atomic E-state index is 13.5. The fourth-order valence-electron chi connectivity index (χ4n) is 4.97. The number of carbonyl (C=O) groups excluding carboxylic acids is 3. The van der Waals surface area contributed by atoms with Crippen LogP contribution in [0.25, 0.3) is 5.69 Å². The number of anilines is 1. The number of non-ortho nitro benzene ring substituents is 2. The summed E-state index contributed by atoms with van der Waals surface area (Å²) >= 11 is 2.46. The van der Waals surface area contributed by atoms with Crippen LogP contribution in [0.2, 0.25) is 0 Å². The van der Waals surface area contributed by atoms with Crippen molar-refractivity contribution >= 4 is 57.3 Å². The van der Waals surface area contributed by atoms with E-state index in [0.717, 1.165) is 47.9 Å². The molecule has 0 spiro atoms. The third kappa shape index (κ3) is 7.47. The summed E-state index contributed by atoms with van der Waals surface area (Å²) in [4.78, 5) is 61.3. The van der Waals surface area contributed by atoms with Gasteiger partial charge in [-0.1, -0.05) is 11.8 Å². The summed E-state index contributed by atoms with van der Waals surface area (Å²) in [6.45, 7) is 3.48. The third-order valence-electron chi connectivity index (χ3n) is 7.31. The van der Waals surface area contributed by atoms with Gasteiger partial charge in [-0.3, -0.25) is 34.4 Å². The maximum Gasteiger partial charge on any atom is 0.341 e. The van der Waals surface area contributed by atoms with Crippen LogP contribution in [0.15, 0.2) is 53.7 Å². The van der Waals surface area contributed by atoms with Gasteiger partial charge in [-0.2, -0.15) is 0 Å². The highest BCUT2D eigenvalue weighted by molar-refractivity contribution is 8.00. The average Bonchev–Trinajstić information content (AvgIpc) is 3.64. The second kappa shape index (κ2) is 14.5. The lowest BCUT2D eigenvalue weighted by atomic mass is 9.95. The van der Waals surface area contributed by atoms with E-state index in [2.05, 4.69) is 20.8 Å². The van der Waals surface area contributed by atoms with Crippen molar-refractivity contribution in [2.24, 2.45) is 0 Å². The molecule has 5 rings (SSSR count). The van der Waals surface area contributed by atoms with Crippen molar-refractivity contribution in [2.75, 3.05) is 11.9 Å². The monoisotopic (exact) mass is 679 g/mol. The van der Waals surface area contributed by atoms with E-state index in [-0.39, 0.29) is 47.0 Å². The Labute approximate surface area is 276 Å². The number of ether oxygens (including phenoxy) is 1. The summed E-state index contributed by atoms with van der Waals surface area (Å²) in [5, 5.41) is 36.3. The highest BCUT2D eigenvalue weighted by Crippen LogP contribution is 2.39. The summed E-state index contributed by atoms with van der Waals surface area (Å²) in [6, 6.07) is 10.7. The lowest BCUT2D eigenvalue weighted by molar-refractivity contribution is -0.385. The molecule has 0 radical (unpaired) electrons. The second-order valence-electron chi connectivity index (χ2n) is 10.4. The molecule has 1 aliphatic carbocycles. The molecule has 0 saturated heterocycles.